The van der Waals surface area contributed by atoms with Crippen LogP contribution < -0.4 is 9.47 Å². The van der Waals surface area contributed by atoms with E-state index < -0.39 is 6.10 Å². The molecule has 1 amide bonds. The van der Waals surface area contributed by atoms with E-state index in [1.165, 1.54) is 0 Å². The third-order valence-electron chi connectivity index (χ3n) is 7.56. The van der Waals surface area contributed by atoms with Crippen molar-refractivity contribution in [2.24, 2.45) is 5.92 Å². The van der Waals surface area contributed by atoms with Gasteiger partial charge in [-0.15, -0.1) is 0 Å². The molecule has 8 heteroatoms. The molecule has 8 nitrogen and oxygen atoms in total. The van der Waals surface area contributed by atoms with Crippen LogP contribution in [-0.4, -0.2) is 71.0 Å². The van der Waals surface area contributed by atoms with Crippen LogP contribution in [0.4, 0.5) is 0 Å². The monoisotopic (exact) mass is 566 g/mol. The molecule has 4 aromatic rings. The van der Waals surface area contributed by atoms with Gasteiger partial charge in [-0.25, -0.2) is 4.68 Å². The molecule has 1 fully saturated rings. The Bertz CT molecular complexity index is 1490. The lowest BCUT2D eigenvalue weighted by Gasteiger charge is -2.35. The van der Waals surface area contributed by atoms with Gasteiger partial charge in [0.15, 0.2) is 11.5 Å². The molecule has 3 heterocycles. The molecule has 3 aromatic carbocycles. The van der Waals surface area contributed by atoms with Crippen molar-refractivity contribution in [3.05, 3.63) is 96.2 Å². The number of morpholine rings is 1. The van der Waals surface area contributed by atoms with Crippen LogP contribution >= 0.6 is 0 Å². The highest BCUT2D eigenvalue weighted by molar-refractivity contribution is 5.81. The lowest BCUT2D eigenvalue weighted by Crippen LogP contribution is -2.51. The summed E-state index contributed by atoms with van der Waals surface area (Å²) < 4.78 is 19.5. The van der Waals surface area contributed by atoms with E-state index >= 15 is 0 Å². The molecule has 42 heavy (non-hydrogen) atoms. The molecule has 2 aliphatic rings. The Kier molecular flexibility index (Phi) is 8.53. The second-order valence-corrected chi connectivity index (χ2v) is 11.3. The molecule has 0 bridgehead atoms. The lowest BCUT2D eigenvalue weighted by molar-refractivity contribution is -0.151. The molecule has 0 radical (unpaired) electrons. The van der Waals surface area contributed by atoms with Crippen LogP contribution in [0.25, 0.3) is 16.9 Å². The minimum atomic E-state index is -0.529. The molecular weight excluding hydrogens is 528 g/mol. The number of hydrogen-bond donors (Lipinski definition) is 0. The van der Waals surface area contributed by atoms with Gasteiger partial charge in [-0.2, -0.15) is 5.10 Å². The number of carbonyl (C=O) groups is 1. The summed E-state index contributed by atoms with van der Waals surface area (Å²) in [4.78, 5) is 18.1. The van der Waals surface area contributed by atoms with E-state index in [0.717, 1.165) is 46.1 Å². The molecule has 0 N–H and O–H groups in total. The van der Waals surface area contributed by atoms with Crippen molar-refractivity contribution in [1.29, 1.82) is 0 Å². The topological polar surface area (TPSA) is 69.1 Å². The number of rotatable bonds is 9. The van der Waals surface area contributed by atoms with Gasteiger partial charge < -0.3 is 19.1 Å². The van der Waals surface area contributed by atoms with Gasteiger partial charge in [0, 0.05) is 50.0 Å². The number of benzene rings is 3. The normalized spacial score (nSPS) is 16.9. The second-order valence-electron chi connectivity index (χ2n) is 11.3. The van der Waals surface area contributed by atoms with Crippen LogP contribution in [-0.2, 0) is 22.6 Å². The highest BCUT2D eigenvalue weighted by Crippen LogP contribution is 2.31. The molecule has 2 aliphatic heterocycles. The Balaban J connectivity index is 1.19. The van der Waals surface area contributed by atoms with Crippen molar-refractivity contribution in [2.75, 3.05) is 39.5 Å². The average molecular weight is 567 g/mol. The van der Waals surface area contributed by atoms with Crippen molar-refractivity contribution in [2.45, 2.75) is 33.0 Å². The van der Waals surface area contributed by atoms with Crippen molar-refractivity contribution in [3.8, 4) is 28.4 Å². The highest BCUT2D eigenvalue weighted by atomic mass is 16.6. The second kappa shape index (κ2) is 12.8. The maximum absolute atomic E-state index is 13.9. The molecule has 1 saturated heterocycles. The molecule has 218 valence electrons. The van der Waals surface area contributed by atoms with E-state index in [1.54, 1.807) is 0 Å². The van der Waals surface area contributed by atoms with E-state index in [4.69, 9.17) is 19.3 Å². The van der Waals surface area contributed by atoms with Crippen LogP contribution in [0.1, 0.15) is 25.0 Å². The number of para-hydroxylation sites is 1. The Hall–Kier alpha value is -4.14. The summed E-state index contributed by atoms with van der Waals surface area (Å²) in [7, 11) is 0. The molecule has 0 spiro atoms. The third-order valence-corrected chi connectivity index (χ3v) is 7.56. The Labute approximate surface area is 247 Å². The summed E-state index contributed by atoms with van der Waals surface area (Å²) >= 11 is 0. The van der Waals surface area contributed by atoms with Gasteiger partial charge in [0.05, 0.1) is 18.0 Å². The average Bonchev–Trinajstić information content (AvgIpc) is 3.45. The molecule has 1 atom stereocenters. The van der Waals surface area contributed by atoms with Gasteiger partial charge in [-0.3, -0.25) is 9.69 Å². The highest BCUT2D eigenvalue weighted by Gasteiger charge is 2.31. The fraction of sp³-hybridized carbons (Fsp3) is 0.353. The van der Waals surface area contributed by atoms with Crippen LogP contribution in [0.3, 0.4) is 0 Å². The number of amides is 1. The van der Waals surface area contributed by atoms with E-state index in [0.29, 0.717) is 51.9 Å². The first-order valence-electron chi connectivity index (χ1n) is 14.7. The lowest BCUT2D eigenvalue weighted by atomic mass is 10.1. The van der Waals surface area contributed by atoms with Crippen LogP contribution in [0.2, 0.25) is 0 Å². The fourth-order valence-corrected chi connectivity index (χ4v) is 5.60. The summed E-state index contributed by atoms with van der Waals surface area (Å²) in [6.07, 6.45) is 1.58. The summed E-state index contributed by atoms with van der Waals surface area (Å²) in [6.45, 7) is 8.96. The summed E-state index contributed by atoms with van der Waals surface area (Å²) in [5.41, 5.74) is 5.18. The van der Waals surface area contributed by atoms with E-state index in [1.807, 2.05) is 64.2 Å². The maximum Gasteiger partial charge on any atom is 0.253 e. The van der Waals surface area contributed by atoms with Gasteiger partial charge >= 0.3 is 0 Å². The SMILES string of the molecule is CC(C)CN(Cc1ccc2c(c1)OCCO2)C(=O)C1CN(Cc2cn(-c3ccccc3)nc2-c2ccccc2)CCO1. The number of aromatic nitrogens is 2. The van der Waals surface area contributed by atoms with Gasteiger partial charge in [-0.1, -0.05) is 68.4 Å². The molecule has 1 unspecified atom stereocenters. The van der Waals surface area contributed by atoms with Crippen molar-refractivity contribution in [1.82, 2.24) is 19.6 Å². The minimum absolute atomic E-state index is 0.0200. The molecule has 6 rings (SSSR count). The van der Waals surface area contributed by atoms with Crippen LogP contribution in [0, 0.1) is 5.92 Å². The van der Waals surface area contributed by atoms with Crippen LogP contribution in [0.15, 0.2) is 85.1 Å². The minimum Gasteiger partial charge on any atom is -0.486 e. The van der Waals surface area contributed by atoms with Gasteiger partial charge in [0.1, 0.15) is 19.3 Å². The molecular formula is C34H38N4O4. The molecule has 1 aromatic heterocycles. The number of ether oxygens (including phenoxy) is 3. The van der Waals surface area contributed by atoms with Crippen molar-refractivity contribution >= 4 is 5.91 Å². The quantitative estimate of drug-likeness (QED) is 0.278. The summed E-state index contributed by atoms with van der Waals surface area (Å²) in [5.74, 6) is 1.83. The largest absolute Gasteiger partial charge is 0.486 e. The van der Waals surface area contributed by atoms with Crippen LogP contribution in [0.5, 0.6) is 11.5 Å². The summed E-state index contributed by atoms with van der Waals surface area (Å²) in [5, 5.41) is 4.97. The van der Waals surface area contributed by atoms with Gasteiger partial charge in [0.25, 0.3) is 5.91 Å². The van der Waals surface area contributed by atoms with Crippen molar-refractivity contribution in [3.63, 3.8) is 0 Å². The Morgan fingerprint density at radius 1 is 0.952 bits per heavy atom. The van der Waals surface area contributed by atoms with E-state index in [2.05, 4.69) is 49.2 Å². The first-order chi connectivity index (χ1) is 20.5. The first-order valence-corrected chi connectivity index (χ1v) is 14.7. The molecule has 0 aliphatic carbocycles. The van der Waals surface area contributed by atoms with Gasteiger partial charge in [0.2, 0.25) is 0 Å². The predicted octanol–water partition coefficient (Wildman–Crippen LogP) is 5.20. The van der Waals surface area contributed by atoms with E-state index in [9.17, 15) is 4.79 Å². The Morgan fingerprint density at radius 2 is 1.69 bits per heavy atom. The number of hydrogen-bond acceptors (Lipinski definition) is 6. The first kappa shape index (κ1) is 28.0. The molecule has 0 saturated carbocycles. The maximum atomic E-state index is 13.9. The smallest absolute Gasteiger partial charge is 0.253 e. The fourth-order valence-electron chi connectivity index (χ4n) is 5.60. The zero-order chi connectivity index (χ0) is 28.9. The number of nitrogens with zero attached hydrogens (tertiary/aromatic N) is 4. The Morgan fingerprint density at radius 3 is 2.45 bits per heavy atom. The third kappa shape index (κ3) is 6.50. The standard InChI is InChI=1S/C34H38N4O4/c1-25(2)20-37(21-26-13-14-30-31(19-26)42-18-17-41-30)34(39)32-24-36(15-16-40-32)22-28-23-38(29-11-7-4-8-12-29)35-33(28)27-9-5-3-6-10-27/h3-14,19,23,25,32H,15-18,20-22,24H2,1-2H3. The predicted molar refractivity (Wildman–Crippen MR) is 162 cm³/mol. The number of carbonyl (C=O) groups excluding carboxylic acids is 1. The van der Waals surface area contributed by atoms with Gasteiger partial charge in [-0.05, 0) is 35.7 Å². The summed E-state index contributed by atoms with van der Waals surface area (Å²) in [6, 6.07) is 26.4. The zero-order valence-corrected chi connectivity index (χ0v) is 24.3. The van der Waals surface area contributed by atoms with Crippen molar-refractivity contribution < 1.29 is 19.0 Å². The number of fused-ring (bicyclic) bond motifs is 1. The van der Waals surface area contributed by atoms with E-state index in [-0.39, 0.29) is 5.91 Å². The zero-order valence-electron chi connectivity index (χ0n) is 24.3.